The highest BCUT2D eigenvalue weighted by atomic mass is 16.5. The molecule has 0 spiro atoms. The van der Waals surface area contributed by atoms with Gasteiger partial charge in [-0.25, -0.2) is 4.79 Å². The molecule has 3 heteroatoms. The van der Waals surface area contributed by atoms with Crippen LogP contribution in [0.4, 0.5) is 0 Å². The number of esters is 1. The highest BCUT2D eigenvalue weighted by molar-refractivity contribution is 5.89. The number of rotatable bonds is 4. The fraction of sp³-hybridized carbons (Fsp3) is 0.188. The summed E-state index contributed by atoms with van der Waals surface area (Å²) in [7, 11) is 1.59. The van der Waals surface area contributed by atoms with Crippen LogP contribution in [-0.4, -0.2) is 13.1 Å². The molecule has 98 valence electrons. The normalized spacial score (nSPS) is 11.7. The first-order valence-electron chi connectivity index (χ1n) is 6.10. The molecule has 0 bridgehead atoms. The Morgan fingerprint density at radius 3 is 2.21 bits per heavy atom. The molecule has 0 heterocycles. The van der Waals surface area contributed by atoms with Crippen molar-refractivity contribution in [2.75, 3.05) is 7.11 Å². The fourth-order valence-electron chi connectivity index (χ4n) is 1.75. The Kier molecular flexibility index (Phi) is 4.18. The standard InChI is InChI=1S/C16H16O3/c1-12(13-6-4-3-5-7-13)19-16(17)14-8-10-15(18-2)11-9-14/h3-12H,1-2H3. The van der Waals surface area contributed by atoms with Crippen LogP contribution in [0.15, 0.2) is 54.6 Å². The predicted octanol–water partition coefficient (Wildman–Crippen LogP) is 3.61. The van der Waals surface area contributed by atoms with E-state index in [2.05, 4.69) is 0 Å². The third-order valence-corrected chi connectivity index (χ3v) is 2.88. The van der Waals surface area contributed by atoms with Gasteiger partial charge in [0.1, 0.15) is 11.9 Å². The molecule has 3 nitrogen and oxygen atoms in total. The van der Waals surface area contributed by atoms with Crippen molar-refractivity contribution in [3.8, 4) is 5.75 Å². The molecule has 2 rings (SSSR count). The minimum absolute atomic E-state index is 0.268. The molecule has 0 fully saturated rings. The molecular formula is C16H16O3. The molecule has 0 N–H and O–H groups in total. The van der Waals surface area contributed by atoms with Crippen molar-refractivity contribution in [1.29, 1.82) is 0 Å². The van der Waals surface area contributed by atoms with E-state index in [1.54, 1.807) is 31.4 Å². The van der Waals surface area contributed by atoms with Crippen LogP contribution in [-0.2, 0) is 4.74 Å². The van der Waals surface area contributed by atoms with E-state index in [1.165, 1.54) is 0 Å². The lowest BCUT2D eigenvalue weighted by molar-refractivity contribution is 0.0338. The second kappa shape index (κ2) is 6.05. The van der Waals surface area contributed by atoms with Crippen molar-refractivity contribution in [3.63, 3.8) is 0 Å². The van der Waals surface area contributed by atoms with Crippen LogP contribution in [0.1, 0.15) is 28.9 Å². The van der Waals surface area contributed by atoms with Gasteiger partial charge in [-0.2, -0.15) is 0 Å². The van der Waals surface area contributed by atoms with Crippen molar-refractivity contribution in [2.45, 2.75) is 13.0 Å². The smallest absolute Gasteiger partial charge is 0.338 e. The fourth-order valence-corrected chi connectivity index (χ4v) is 1.75. The Labute approximate surface area is 112 Å². The summed E-state index contributed by atoms with van der Waals surface area (Å²) in [6, 6.07) is 16.5. The summed E-state index contributed by atoms with van der Waals surface area (Å²) in [6.45, 7) is 1.86. The lowest BCUT2D eigenvalue weighted by Gasteiger charge is -2.13. The maximum Gasteiger partial charge on any atom is 0.338 e. The summed E-state index contributed by atoms with van der Waals surface area (Å²) in [6.07, 6.45) is -0.268. The Bertz CT molecular complexity index is 532. The van der Waals surface area contributed by atoms with Gasteiger partial charge in [-0.1, -0.05) is 30.3 Å². The summed E-state index contributed by atoms with van der Waals surface area (Å²) < 4.78 is 10.5. The number of methoxy groups -OCH3 is 1. The minimum atomic E-state index is -0.334. The lowest BCUT2D eigenvalue weighted by Crippen LogP contribution is -2.09. The zero-order valence-electron chi connectivity index (χ0n) is 11.0. The average molecular weight is 256 g/mol. The van der Waals surface area contributed by atoms with Crippen LogP contribution in [0.2, 0.25) is 0 Å². The summed E-state index contributed by atoms with van der Waals surface area (Å²) in [5, 5.41) is 0. The number of carbonyl (C=O) groups excluding carboxylic acids is 1. The van der Waals surface area contributed by atoms with E-state index in [4.69, 9.17) is 9.47 Å². The van der Waals surface area contributed by atoms with Crippen LogP contribution in [0, 0.1) is 0 Å². The summed E-state index contributed by atoms with van der Waals surface area (Å²) in [4.78, 5) is 12.0. The van der Waals surface area contributed by atoms with Gasteiger partial charge >= 0.3 is 5.97 Å². The van der Waals surface area contributed by atoms with E-state index < -0.39 is 0 Å². The maximum absolute atomic E-state index is 12.0. The van der Waals surface area contributed by atoms with Crippen LogP contribution in [0.25, 0.3) is 0 Å². The van der Waals surface area contributed by atoms with Crippen molar-refractivity contribution in [3.05, 3.63) is 65.7 Å². The number of hydrogen-bond donors (Lipinski definition) is 0. The molecule has 0 radical (unpaired) electrons. The molecule has 0 aromatic heterocycles. The maximum atomic E-state index is 12.0. The summed E-state index contributed by atoms with van der Waals surface area (Å²) in [5.41, 5.74) is 1.49. The van der Waals surface area contributed by atoms with Gasteiger partial charge in [0.25, 0.3) is 0 Å². The van der Waals surface area contributed by atoms with Crippen LogP contribution in [0.5, 0.6) is 5.75 Å². The van der Waals surface area contributed by atoms with Crippen LogP contribution in [0.3, 0.4) is 0 Å². The van der Waals surface area contributed by atoms with E-state index in [9.17, 15) is 4.79 Å². The second-order valence-electron chi connectivity index (χ2n) is 4.19. The minimum Gasteiger partial charge on any atom is -0.497 e. The van der Waals surface area contributed by atoms with Gasteiger partial charge in [0, 0.05) is 0 Å². The topological polar surface area (TPSA) is 35.5 Å². The zero-order chi connectivity index (χ0) is 13.7. The highest BCUT2D eigenvalue weighted by Crippen LogP contribution is 2.19. The van der Waals surface area contributed by atoms with Gasteiger partial charge in [0.15, 0.2) is 0 Å². The molecular weight excluding hydrogens is 240 g/mol. The molecule has 0 aliphatic heterocycles. The Morgan fingerprint density at radius 2 is 1.63 bits per heavy atom. The van der Waals surface area contributed by atoms with Gasteiger partial charge in [-0.3, -0.25) is 0 Å². The first-order chi connectivity index (χ1) is 9.20. The van der Waals surface area contributed by atoms with Crippen LogP contribution >= 0.6 is 0 Å². The third-order valence-electron chi connectivity index (χ3n) is 2.88. The highest BCUT2D eigenvalue weighted by Gasteiger charge is 2.13. The molecule has 19 heavy (non-hydrogen) atoms. The summed E-state index contributed by atoms with van der Waals surface area (Å²) >= 11 is 0. The van der Waals surface area contributed by atoms with Gasteiger partial charge in [-0.15, -0.1) is 0 Å². The lowest BCUT2D eigenvalue weighted by atomic mass is 10.1. The van der Waals surface area contributed by atoms with E-state index in [0.717, 1.165) is 5.56 Å². The molecule has 2 aromatic carbocycles. The monoisotopic (exact) mass is 256 g/mol. The van der Waals surface area contributed by atoms with E-state index in [1.807, 2.05) is 37.3 Å². The van der Waals surface area contributed by atoms with Crippen molar-refractivity contribution in [1.82, 2.24) is 0 Å². The van der Waals surface area contributed by atoms with Crippen LogP contribution < -0.4 is 4.74 Å². The van der Waals surface area contributed by atoms with E-state index in [0.29, 0.717) is 11.3 Å². The van der Waals surface area contributed by atoms with E-state index in [-0.39, 0.29) is 12.1 Å². The molecule has 1 atom stereocenters. The van der Waals surface area contributed by atoms with Gasteiger partial charge in [0.05, 0.1) is 12.7 Å². The quantitative estimate of drug-likeness (QED) is 0.784. The Morgan fingerprint density at radius 1 is 1.00 bits per heavy atom. The number of ether oxygens (including phenoxy) is 2. The zero-order valence-corrected chi connectivity index (χ0v) is 11.0. The first kappa shape index (κ1) is 13.1. The SMILES string of the molecule is COc1ccc(C(=O)OC(C)c2ccccc2)cc1. The Balaban J connectivity index is 2.04. The van der Waals surface area contributed by atoms with Gasteiger partial charge < -0.3 is 9.47 Å². The first-order valence-corrected chi connectivity index (χ1v) is 6.10. The van der Waals surface area contributed by atoms with Crippen molar-refractivity contribution in [2.24, 2.45) is 0 Å². The molecule has 2 aromatic rings. The number of benzene rings is 2. The summed E-state index contributed by atoms with van der Waals surface area (Å²) in [5.74, 6) is 0.381. The van der Waals surface area contributed by atoms with E-state index >= 15 is 0 Å². The largest absolute Gasteiger partial charge is 0.497 e. The Hall–Kier alpha value is -2.29. The molecule has 0 saturated carbocycles. The van der Waals surface area contributed by atoms with Crippen molar-refractivity contribution >= 4 is 5.97 Å². The second-order valence-corrected chi connectivity index (χ2v) is 4.19. The van der Waals surface area contributed by atoms with Gasteiger partial charge in [0.2, 0.25) is 0 Å². The predicted molar refractivity (Wildman–Crippen MR) is 73.3 cm³/mol. The molecule has 0 aliphatic carbocycles. The number of carbonyl (C=O) groups is 1. The molecule has 0 aliphatic rings. The van der Waals surface area contributed by atoms with Crippen molar-refractivity contribution < 1.29 is 14.3 Å². The van der Waals surface area contributed by atoms with Gasteiger partial charge in [-0.05, 0) is 36.8 Å². The number of hydrogen-bond acceptors (Lipinski definition) is 3. The molecule has 0 amide bonds. The average Bonchev–Trinajstić information content (AvgIpc) is 2.48. The molecule has 1 unspecified atom stereocenters. The molecule has 0 saturated heterocycles. The third kappa shape index (κ3) is 3.35.